The summed E-state index contributed by atoms with van der Waals surface area (Å²) < 4.78 is 6.10. The van der Waals surface area contributed by atoms with Crippen LogP contribution in [0.2, 0.25) is 0 Å². The Kier molecular flexibility index (Phi) is 14.7. The number of aliphatic hydroxyl groups is 3. The zero-order chi connectivity index (χ0) is 42.6. The van der Waals surface area contributed by atoms with E-state index in [2.05, 4.69) is 45.3 Å². The lowest BCUT2D eigenvalue weighted by molar-refractivity contribution is -0.182. The van der Waals surface area contributed by atoms with E-state index in [0.29, 0.717) is 40.8 Å². The molecule has 0 aromatic heterocycles. The molecule has 1 heterocycles. The Hall–Kier alpha value is -4.04. The van der Waals surface area contributed by atoms with Crippen LogP contribution in [-0.2, 0) is 16.2 Å². The van der Waals surface area contributed by atoms with Crippen molar-refractivity contribution in [3.63, 3.8) is 0 Å². The first-order valence-corrected chi connectivity index (χ1v) is 20.6. The van der Waals surface area contributed by atoms with Gasteiger partial charge >= 0.3 is 0 Å². The van der Waals surface area contributed by atoms with Gasteiger partial charge in [0.25, 0.3) is 5.91 Å². The first kappa shape index (κ1) is 45.1. The Morgan fingerprint density at radius 1 is 1.00 bits per heavy atom. The highest BCUT2D eigenvalue weighted by Crippen LogP contribution is 2.48. The Balaban J connectivity index is 1.47. The van der Waals surface area contributed by atoms with Crippen LogP contribution in [-0.4, -0.2) is 116 Å². The van der Waals surface area contributed by atoms with Gasteiger partial charge in [-0.1, -0.05) is 83.1 Å². The molecule has 318 valence electrons. The summed E-state index contributed by atoms with van der Waals surface area (Å²) in [5.74, 6) is 0.275. The van der Waals surface area contributed by atoms with E-state index in [4.69, 9.17) is 9.57 Å². The van der Waals surface area contributed by atoms with Crippen LogP contribution in [0.25, 0.3) is 11.1 Å². The van der Waals surface area contributed by atoms with Gasteiger partial charge in [-0.05, 0) is 79.9 Å². The maximum atomic E-state index is 14.4. The van der Waals surface area contributed by atoms with Crippen LogP contribution in [0.1, 0.15) is 75.6 Å². The molecule has 10 atom stereocenters. The van der Waals surface area contributed by atoms with Gasteiger partial charge in [0.15, 0.2) is 0 Å². The van der Waals surface area contributed by atoms with Crippen molar-refractivity contribution in [3.8, 4) is 16.9 Å². The molecule has 0 unspecified atom stereocenters. The van der Waals surface area contributed by atoms with Crippen molar-refractivity contribution in [3.05, 3.63) is 83.4 Å². The third-order valence-corrected chi connectivity index (χ3v) is 13.2. The number of hydroxylamine groups is 2. The van der Waals surface area contributed by atoms with Crippen molar-refractivity contribution in [1.29, 1.82) is 0 Å². The van der Waals surface area contributed by atoms with Crippen molar-refractivity contribution in [2.75, 3.05) is 53.4 Å². The number of anilines is 1. The lowest BCUT2D eigenvalue weighted by Crippen LogP contribution is -2.56. The number of hydrogen-bond donors (Lipinski definition) is 5. The summed E-state index contributed by atoms with van der Waals surface area (Å²) in [6.45, 7) is 13.1. The summed E-state index contributed by atoms with van der Waals surface area (Å²) >= 11 is 0. The van der Waals surface area contributed by atoms with Crippen molar-refractivity contribution < 1.29 is 34.5 Å². The number of methoxy groups -OCH3 is 1. The van der Waals surface area contributed by atoms with E-state index >= 15 is 0 Å². The lowest BCUT2D eigenvalue weighted by atomic mass is 9.58. The molecule has 1 aliphatic heterocycles. The highest BCUT2D eigenvalue weighted by atomic mass is 16.7. The molecule has 2 aliphatic rings. The van der Waals surface area contributed by atoms with Crippen LogP contribution < -0.4 is 20.3 Å². The molecule has 2 fully saturated rings. The second-order valence-electron chi connectivity index (χ2n) is 17.7. The van der Waals surface area contributed by atoms with Gasteiger partial charge in [0, 0.05) is 55.0 Å². The number of nitrogens with zero attached hydrogens (tertiary/aromatic N) is 3. The number of carbonyl (C=O) groups is 2. The Morgan fingerprint density at radius 2 is 1.69 bits per heavy atom. The zero-order valence-corrected chi connectivity index (χ0v) is 36.3. The van der Waals surface area contributed by atoms with E-state index in [-0.39, 0.29) is 42.3 Å². The monoisotopic (exact) mass is 802 g/mol. The Morgan fingerprint density at radius 3 is 2.29 bits per heavy atom. The van der Waals surface area contributed by atoms with Gasteiger partial charge in [-0.3, -0.25) is 14.4 Å². The van der Waals surface area contributed by atoms with Crippen molar-refractivity contribution in [1.82, 2.24) is 20.6 Å². The van der Waals surface area contributed by atoms with Gasteiger partial charge in [0.05, 0.1) is 32.4 Å². The summed E-state index contributed by atoms with van der Waals surface area (Å²) in [5.41, 5.74) is 4.21. The minimum absolute atomic E-state index is 0.0526. The fraction of sp³-hybridized carbons (Fsp3) is 0.565. The van der Waals surface area contributed by atoms with Crippen molar-refractivity contribution in [2.24, 2.45) is 29.1 Å². The first-order valence-electron chi connectivity index (χ1n) is 20.6. The van der Waals surface area contributed by atoms with Crippen LogP contribution in [0, 0.1) is 29.1 Å². The number of para-hydroxylation sites is 1. The maximum absolute atomic E-state index is 14.4. The number of ether oxygens (including phenoxy) is 1. The predicted molar refractivity (Wildman–Crippen MR) is 228 cm³/mol. The molecule has 1 aliphatic carbocycles. The third kappa shape index (κ3) is 9.70. The average Bonchev–Trinajstić information content (AvgIpc) is 3.57. The molecule has 12 heteroatoms. The summed E-state index contributed by atoms with van der Waals surface area (Å²) in [6.07, 6.45) is -1.81. The average molecular weight is 802 g/mol. The third-order valence-electron chi connectivity index (χ3n) is 13.2. The normalized spacial score (nSPS) is 26.2. The number of rotatable bonds is 15. The molecule has 0 spiro atoms. The van der Waals surface area contributed by atoms with E-state index < -0.39 is 36.3 Å². The second-order valence-corrected chi connectivity index (χ2v) is 17.7. The topological polar surface area (TPSA) is 147 Å². The number of carbonyl (C=O) groups excluding carboxylic acids is 2. The van der Waals surface area contributed by atoms with E-state index in [1.165, 1.54) is 0 Å². The lowest BCUT2D eigenvalue weighted by Gasteiger charge is -2.50. The van der Waals surface area contributed by atoms with Gasteiger partial charge in [-0.2, -0.15) is 5.06 Å². The van der Waals surface area contributed by atoms with Crippen LogP contribution in [0.5, 0.6) is 5.75 Å². The minimum atomic E-state index is -0.934. The van der Waals surface area contributed by atoms with Crippen LogP contribution in [0.4, 0.5) is 5.69 Å². The van der Waals surface area contributed by atoms with Gasteiger partial charge in [-0.15, -0.1) is 0 Å². The number of aliphatic hydroxyl groups excluding tert-OH is 3. The molecule has 0 bridgehead atoms. The fourth-order valence-electron chi connectivity index (χ4n) is 8.96. The smallest absolute Gasteiger partial charge is 0.251 e. The predicted octanol–water partition coefficient (Wildman–Crippen LogP) is 5.12. The number of benzene rings is 3. The number of amides is 2. The van der Waals surface area contributed by atoms with E-state index in [0.717, 1.165) is 23.2 Å². The molecule has 5 rings (SSSR count). The Labute approximate surface area is 345 Å². The van der Waals surface area contributed by atoms with Gasteiger partial charge in [0.2, 0.25) is 5.91 Å². The number of hydrogen-bond acceptors (Lipinski definition) is 10. The van der Waals surface area contributed by atoms with Crippen molar-refractivity contribution >= 4 is 17.5 Å². The standard InChI is InChI=1S/C46H67N5O7/c1-27-20-37(28(2)29(3)46(27,5)6)47-45(56)41-40(30(4)53)39(26-52)58-51(41)24-32-18-15-19-36(43(32)57-11)33-21-34(23-35(22-33)50(9)10)44(55)48-38(25-49(7)8)42(54)31-16-13-12-14-17-31/h12-19,21-23,27-30,37-42,52-54H,20,24-26H2,1-11H3,(H,47,56)(H,48,55)/t27-,28+,29+,30+,37+,38-,39+,40-,41+,42-/m1/s1. The molecule has 3 aromatic carbocycles. The highest BCUT2D eigenvalue weighted by molar-refractivity contribution is 5.97. The molecule has 1 saturated carbocycles. The summed E-state index contributed by atoms with van der Waals surface area (Å²) in [7, 11) is 9.20. The zero-order valence-electron chi connectivity index (χ0n) is 36.3. The highest BCUT2D eigenvalue weighted by Gasteiger charge is 2.51. The van der Waals surface area contributed by atoms with Crippen LogP contribution in [0.15, 0.2) is 66.7 Å². The minimum Gasteiger partial charge on any atom is -0.496 e. The maximum Gasteiger partial charge on any atom is 0.251 e. The van der Waals surface area contributed by atoms with Crippen LogP contribution in [0.3, 0.4) is 0 Å². The van der Waals surface area contributed by atoms with Gasteiger partial charge in [0.1, 0.15) is 24.0 Å². The molecule has 5 N–H and O–H groups in total. The molecule has 3 aromatic rings. The SMILES string of the molecule is COc1c(CN2O[C@@H](CO)[C@@H]([C@H](C)O)[C@H]2C(=O)N[C@H]2C[C@@H](C)C(C)(C)[C@@H](C)[C@@H]2C)cccc1-c1cc(C(=O)N[C@H](CN(C)C)[C@H](O)c2ccccc2)cc(N(C)C)c1. The first-order chi connectivity index (χ1) is 27.4. The molecule has 58 heavy (non-hydrogen) atoms. The van der Waals surface area contributed by atoms with Crippen LogP contribution >= 0.6 is 0 Å². The van der Waals surface area contributed by atoms with Crippen molar-refractivity contribution in [2.45, 2.75) is 90.9 Å². The van der Waals surface area contributed by atoms with Gasteiger partial charge in [-0.25, -0.2) is 0 Å². The molecule has 2 amide bonds. The quantitative estimate of drug-likeness (QED) is 0.141. The summed E-state index contributed by atoms with van der Waals surface area (Å²) in [4.78, 5) is 38.6. The fourth-order valence-corrected chi connectivity index (χ4v) is 8.96. The van der Waals surface area contributed by atoms with E-state index in [1.807, 2.05) is 105 Å². The Bertz CT molecular complexity index is 1850. The molecule has 0 radical (unpaired) electrons. The summed E-state index contributed by atoms with van der Waals surface area (Å²) in [6, 6.07) is 19.1. The second kappa shape index (κ2) is 18.9. The molecular weight excluding hydrogens is 735 g/mol. The summed E-state index contributed by atoms with van der Waals surface area (Å²) in [5, 5.41) is 40.8. The molecule has 1 saturated heterocycles. The molecule has 12 nitrogen and oxygen atoms in total. The number of likely N-dealkylation sites (N-methyl/N-ethyl adjacent to an activating group) is 1. The van der Waals surface area contributed by atoms with E-state index in [9.17, 15) is 24.9 Å². The van der Waals surface area contributed by atoms with Gasteiger partial charge < -0.3 is 40.5 Å². The number of nitrogens with one attached hydrogen (secondary N) is 2. The van der Waals surface area contributed by atoms with E-state index in [1.54, 1.807) is 19.1 Å². The largest absolute Gasteiger partial charge is 0.496 e. The molecular formula is C46H67N5O7.